The Balaban J connectivity index is 2.28. The number of nitrogens with one attached hydrogen (secondary N) is 1. The summed E-state index contributed by atoms with van der Waals surface area (Å²) in [6.45, 7) is 3.68. The molecule has 0 atom stereocenters. The molecule has 2 N–H and O–H groups in total. The van der Waals surface area contributed by atoms with Crippen LogP contribution in [0.25, 0.3) is 0 Å². The lowest BCUT2D eigenvalue weighted by Gasteiger charge is -2.09. The van der Waals surface area contributed by atoms with Crippen LogP contribution in [-0.4, -0.2) is 16.1 Å². The number of halogens is 1. The van der Waals surface area contributed by atoms with Gasteiger partial charge in [-0.2, -0.15) is 0 Å². The molecule has 5 heteroatoms. The number of nitrogens with zero attached hydrogens (tertiary/aromatic N) is 1. The van der Waals surface area contributed by atoms with Crippen molar-refractivity contribution in [1.82, 2.24) is 4.98 Å². The highest BCUT2D eigenvalue weighted by molar-refractivity contribution is 9.10. The standard InChI is InChI=1S/C14H13BrN2O2/c1-8-5-10(15)7-11(6-8)17-13-4-3-12(14(18)19)9(2)16-13/h3-7H,1-2H3,(H,16,17)(H,18,19). The number of aromatic carboxylic acids is 1. The molecular weight excluding hydrogens is 308 g/mol. The predicted molar refractivity (Wildman–Crippen MR) is 78.1 cm³/mol. The maximum atomic E-state index is 10.9. The number of rotatable bonds is 3. The van der Waals surface area contributed by atoms with E-state index in [-0.39, 0.29) is 5.56 Å². The molecule has 19 heavy (non-hydrogen) atoms. The molecule has 1 heterocycles. The van der Waals surface area contributed by atoms with Gasteiger partial charge in [0.1, 0.15) is 5.82 Å². The summed E-state index contributed by atoms with van der Waals surface area (Å²) in [5.41, 5.74) is 2.73. The molecule has 0 unspecified atom stereocenters. The lowest BCUT2D eigenvalue weighted by Crippen LogP contribution is -2.03. The van der Waals surface area contributed by atoms with E-state index in [1.165, 1.54) is 0 Å². The highest BCUT2D eigenvalue weighted by atomic mass is 79.9. The number of carboxylic acid groups (broad SMARTS) is 1. The minimum atomic E-state index is -0.963. The number of aromatic nitrogens is 1. The zero-order valence-corrected chi connectivity index (χ0v) is 12.2. The molecular formula is C14H13BrN2O2. The molecule has 0 aliphatic rings. The van der Waals surface area contributed by atoms with E-state index in [0.717, 1.165) is 15.7 Å². The Bertz CT molecular complexity index is 621. The normalized spacial score (nSPS) is 10.3. The van der Waals surface area contributed by atoms with Crippen molar-refractivity contribution in [3.8, 4) is 0 Å². The van der Waals surface area contributed by atoms with Crippen molar-refractivity contribution in [2.45, 2.75) is 13.8 Å². The molecule has 98 valence electrons. The highest BCUT2D eigenvalue weighted by Gasteiger charge is 2.08. The average molecular weight is 321 g/mol. The van der Waals surface area contributed by atoms with Crippen molar-refractivity contribution >= 4 is 33.4 Å². The van der Waals surface area contributed by atoms with Crippen molar-refractivity contribution in [2.75, 3.05) is 5.32 Å². The topological polar surface area (TPSA) is 62.2 Å². The fourth-order valence-electron chi connectivity index (χ4n) is 1.81. The smallest absolute Gasteiger partial charge is 0.337 e. The second kappa shape index (κ2) is 5.40. The van der Waals surface area contributed by atoms with Crippen molar-refractivity contribution in [2.24, 2.45) is 0 Å². The molecule has 0 radical (unpaired) electrons. The molecule has 2 rings (SSSR count). The number of carboxylic acids is 1. The van der Waals surface area contributed by atoms with Crippen molar-refractivity contribution in [1.29, 1.82) is 0 Å². The van der Waals surface area contributed by atoms with Crippen LogP contribution >= 0.6 is 15.9 Å². The quantitative estimate of drug-likeness (QED) is 0.900. The second-order valence-corrected chi connectivity index (χ2v) is 5.19. The van der Waals surface area contributed by atoms with Crippen LogP contribution in [-0.2, 0) is 0 Å². The SMILES string of the molecule is Cc1cc(Br)cc(Nc2ccc(C(=O)O)c(C)n2)c1. The Morgan fingerprint density at radius 2 is 2.00 bits per heavy atom. The zero-order chi connectivity index (χ0) is 14.0. The molecule has 4 nitrogen and oxygen atoms in total. The van der Waals surface area contributed by atoms with Gasteiger partial charge in [-0.25, -0.2) is 9.78 Å². The number of carbonyl (C=O) groups is 1. The third kappa shape index (κ3) is 3.32. The number of hydrogen-bond acceptors (Lipinski definition) is 3. The highest BCUT2D eigenvalue weighted by Crippen LogP contribution is 2.22. The molecule has 0 saturated carbocycles. The van der Waals surface area contributed by atoms with E-state index in [1.807, 2.05) is 25.1 Å². The maximum Gasteiger partial charge on any atom is 0.337 e. The summed E-state index contributed by atoms with van der Waals surface area (Å²) in [5.74, 6) is -0.338. The minimum absolute atomic E-state index is 0.218. The molecule has 2 aromatic rings. The van der Waals surface area contributed by atoms with E-state index >= 15 is 0 Å². The van der Waals surface area contributed by atoms with Crippen LogP contribution in [0.4, 0.5) is 11.5 Å². The van der Waals surface area contributed by atoms with Crippen LogP contribution in [0.1, 0.15) is 21.6 Å². The van der Waals surface area contributed by atoms with Crippen LogP contribution in [0.2, 0.25) is 0 Å². The summed E-state index contributed by atoms with van der Waals surface area (Å²) in [4.78, 5) is 15.2. The van der Waals surface area contributed by atoms with Crippen molar-refractivity contribution < 1.29 is 9.90 Å². The Morgan fingerprint density at radius 1 is 1.26 bits per heavy atom. The second-order valence-electron chi connectivity index (χ2n) is 4.28. The lowest BCUT2D eigenvalue weighted by atomic mass is 10.2. The van der Waals surface area contributed by atoms with Crippen LogP contribution in [0.15, 0.2) is 34.8 Å². The molecule has 0 aliphatic heterocycles. The monoisotopic (exact) mass is 320 g/mol. The average Bonchev–Trinajstić information content (AvgIpc) is 2.26. The van der Waals surface area contributed by atoms with E-state index in [0.29, 0.717) is 11.5 Å². The number of pyridine rings is 1. The number of hydrogen-bond donors (Lipinski definition) is 2. The molecule has 0 spiro atoms. The molecule has 0 bridgehead atoms. The Kier molecular flexibility index (Phi) is 3.85. The van der Waals surface area contributed by atoms with Crippen LogP contribution in [0.3, 0.4) is 0 Å². The molecule has 0 aliphatic carbocycles. The van der Waals surface area contributed by atoms with E-state index in [2.05, 4.69) is 26.2 Å². The fourth-order valence-corrected chi connectivity index (χ4v) is 2.42. The van der Waals surface area contributed by atoms with Gasteiger partial charge in [-0.15, -0.1) is 0 Å². The first-order chi connectivity index (χ1) is 8.95. The third-order valence-electron chi connectivity index (χ3n) is 2.63. The first-order valence-corrected chi connectivity index (χ1v) is 6.50. The summed E-state index contributed by atoms with van der Waals surface area (Å²) >= 11 is 3.43. The predicted octanol–water partition coefficient (Wildman–Crippen LogP) is 3.90. The van der Waals surface area contributed by atoms with Gasteiger partial charge in [-0.3, -0.25) is 0 Å². The zero-order valence-electron chi connectivity index (χ0n) is 10.6. The summed E-state index contributed by atoms with van der Waals surface area (Å²) < 4.78 is 0.980. The van der Waals surface area contributed by atoms with E-state index in [9.17, 15) is 4.79 Å². The van der Waals surface area contributed by atoms with Gasteiger partial charge in [0.05, 0.1) is 11.3 Å². The van der Waals surface area contributed by atoms with Gasteiger partial charge in [-0.1, -0.05) is 15.9 Å². The molecule has 0 amide bonds. The van der Waals surface area contributed by atoms with Gasteiger partial charge in [0.15, 0.2) is 0 Å². The summed E-state index contributed by atoms with van der Waals surface area (Å²) in [5, 5.41) is 12.1. The largest absolute Gasteiger partial charge is 0.478 e. The Labute approximate surface area is 119 Å². The Morgan fingerprint density at radius 3 is 2.58 bits per heavy atom. The first-order valence-electron chi connectivity index (χ1n) is 5.71. The molecule has 0 fully saturated rings. The van der Waals surface area contributed by atoms with Gasteiger partial charge in [0.2, 0.25) is 0 Å². The summed E-state index contributed by atoms with van der Waals surface area (Å²) in [7, 11) is 0. The van der Waals surface area contributed by atoms with Gasteiger partial charge in [0.25, 0.3) is 0 Å². The van der Waals surface area contributed by atoms with Crippen LogP contribution < -0.4 is 5.32 Å². The van der Waals surface area contributed by atoms with E-state index in [4.69, 9.17) is 5.11 Å². The Hall–Kier alpha value is -1.88. The first kappa shape index (κ1) is 13.5. The molecule has 0 saturated heterocycles. The third-order valence-corrected chi connectivity index (χ3v) is 3.09. The molecule has 1 aromatic carbocycles. The van der Waals surface area contributed by atoms with Gasteiger partial charge >= 0.3 is 5.97 Å². The number of aryl methyl sites for hydroxylation is 2. The van der Waals surface area contributed by atoms with Crippen LogP contribution in [0, 0.1) is 13.8 Å². The van der Waals surface area contributed by atoms with Crippen molar-refractivity contribution in [3.05, 3.63) is 51.6 Å². The van der Waals surface area contributed by atoms with E-state index < -0.39 is 5.97 Å². The summed E-state index contributed by atoms with van der Waals surface area (Å²) in [6, 6.07) is 9.16. The van der Waals surface area contributed by atoms with Gasteiger partial charge in [-0.05, 0) is 49.7 Å². The molecule has 1 aromatic heterocycles. The summed E-state index contributed by atoms with van der Waals surface area (Å²) in [6.07, 6.45) is 0. The minimum Gasteiger partial charge on any atom is -0.478 e. The van der Waals surface area contributed by atoms with Crippen molar-refractivity contribution in [3.63, 3.8) is 0 Å². The van der Waals surface area contributed by atoms with Crippen LogP contribution in [0.5, 0.6) is 0 Å². The van der Waals surface area contributed by atoms with E-state index in [1.54, 1.807) is 19.1 Å². The number of anilines is 2. The lowest BCUT2D eigenvalue weighted by molar-refractivity contribution is 0.0695. The fraction of sp³-hybridized carbons (Fsp3) is 0.143. The maximum absolute atomic E-state index is 10.9. The van der Waals surface area contributed by atoms with Gasteiger partial charge in [0, 0.05) is 10.2 Å². The van der Waals surface area contributed by atoms with Gasteiger partial charge < -0.3 is 10.4 Å². The number of benzene rings is 1.